The Morgan fingerprint density at radius 3 is 2.50 bits per heavy atom. The first-order valence-electron chi connectivity index (χ1n) is 8.57. The van der Waals surface area contributed by atoms with Crippen LogP contribution in [0.25, 0.3) is 5.69 Å². The first-order valence-corrected chi connectivity index (χ1v) is 8.57. The fraction of sp³-hybridized carbons (Fsp3) is 0.316. The average molecular weight is 351 g/mol. The van der Waals surface area contributed by atoms with E-state index in [4.69, 9.17) is 9.47 Å². The van der Waals surface area contributed by atoms with Crippen LogP contribution >= 0.6 is 0 Å². The van der Waals surface area contributed by atoms with Gasteiger partial charge in [-0.15, -0.1) is 5.10 Å². The van der Waals surface area contributed by atoms with Gasteiger partial charge in [0, 0.05) is 11.8 Å². The largest absolute Gasteiger partial charge is 0.486 e. The van der Waals surface area contributed by atoms with Crippen LogP contribution in [0, 0.1) is 6.92 Å². The first kappa shape index (κ1) is 16.4. The van der Waals surface area contributed by atoms with Crippen molar-refractivity contribution in [3.63, 3.8) is 0 Å². The minimum Gasteiger partial charge on any atom is -0.486 e. The molecule has 7 heteroatoms. The lowest BCUT2D eigenvalue weighted by atomic mass is 10.0. The number of aromatic nitrogens is 4. The van der Waals surface area contributed by atoms with Crippen LogP contribution < -0.4 is 14.8 Å². The molecule has 134 valence electrons. The maximum atomic E-state index is 5.66. The number of aryl methyl sites for hydroxylation is 1. The molecule has 4 rings (SSSR count). The second kappa shape index (κ2) is 6.33. The fourth-order valence-electron chi connectivity index (χ4n) is 2.97. The Kier molecular flexibility index (Phi) is 3.99. The van der Waals surface area contributed by atoms with Gasteiger partial charge in [0.1, 0.15) is 13.2 Å². The van der Waals surface area contributed by atoms with Gasteiger partial charge in [0.15, 0.2) is 17.3 Å². The number of anilines is 1. The highest BCUT2D eigenvalue weighted by Crippen LogP contribution is 2.34. The number of rotatable bonds is 4. The zero-order chi connectivity index (χ0) is 18.1. The number of ether oxygens (including phenoxy) is 2. The van der Waals surface area contributed by atoms with Crippen LogP contribution in [0.1, 0.15) is 25.2 Å². The van der Waals surface area contributed by atoms with Gasteiger partial charge in [-0.3, -0.25) is 0 Å². The van der Waals surface area contributed by atoms with Gasteiger partial charge in [0.25, 0.3) is 0 Å². The van der Waals surface area contributed by atoms with Crippen molar-refractivity contribution in [3.05, 3.63) is 53.9 Å². The van der Waals surface area contributed by atoms with Crippen LogP contribution in [-0.2, 0) is 5.54 Å². The van der Waals surface area contributed by atoms with E-state index in [9.17, 15) is 0 Å². The molecule has 0 unspecified atom stereocenters. The summed E-state index contributed by atoms with van der Waals surface area (Å²) in [6.07, 6.45) is 0. The third kappa shape index (κ3) is 3.08. The standard InChI is InChI=1S/C19H21N5O2/c1-13-4-7-15(8-5-13)24-18(21-22-23-24)19(2,3)20-14-6-9-16-17(12-14)26-11-10-25-16/h4-9,12,20H,10-11H2,1-3H3. The summed E-state index contributed by atoms with van der Waals surface area (Å²) < 4.78 is 13.0. The number of hydrogen-bond donors (Lipinski definition) is 1. The molecule has 7 nitrogen and oxygen atoms in total. The van der Waals surface area contributed by atoms with E-state index in [0.717, 1.165) is 28.7 Å². The van der Waals surface area contributed by atoms with Crippen molar-refractivity contribution in [2.75, 3.05) is 18.5 Å². The third-order valence-electron chi connectivity index (χ3n) is 4.31. The Bertz CT molecular complexity index is 918. The van der Waals surface area contributed by atoms with Gasteiger partial charge in [0.05, 0.1) is 11.2 Å². The number of benzene rings is 2. The SMILES string of the molecule is Cc1ccc(-n2nnnc2C(C)(C)Nc2ccc3c(c2)OCCO3)cc1. The van der Waals surface area contributed by atoms with E-state index in [-0.39, 0.29) is 0 Å². The lowest BCUT2D eigenvalue weighted by Gasteiger charge is -2.27. The molecular formula is C19H21N5O2. The van der Waals surface area contributed by atoms with Gasteiger partial charge in [-0.05, 0) is 55.5 Å². The van der Waals surface area contributed by atoms with Crippen molar-refractivity contribution in [1.29, 1.82) is 0 Å². The van der Waals surface area contributed by atoms with Crippen LogP contribution in [0.2, 0.25) is 0 Å². The molecule has 0 spiro atoms. The third-order valence-corrected chi connectivity index (χ3v) is 4.31. The molecule has 0 fully saturated rings. The first-order chi connectivity index (χ1) is 12.5. The van der Waals surface area contributed by atoms with Crippen molar-refractivity contribution in [2.45, 2.75) is 26.3 Å². The van der Waals surface area contributed by atoms with E-state index in [2.05, 4.69) is 27.8 Å². The van der Waals surface area contributed by atoms with Crippen LogP contribution in [0.4, 0.5) is 5.69 Å². The number of nitrogens with zero attached hydrogens (tertiary/aromatic N) is 4. The molecular weight excluding hydrogens is 330 g/mol. The summed E-state index contributed by atoms with van der Waals surface area (Å²) >= 11 is 0. The van der Waals surface area contributed by atoms with E-state index in [1.165, 1.54) is 5.56 Å². The van der Waals surface area contributed by atoms with Gasteiger partial charge in [-0.1, -0.05) is 17.7 Å². The quantitative estimate of drug-likeness (QED) is 0.779. The molecule has 0 amide bonds. The van der Waals surface area contributed by atoms with E-state index >= 15 is 0 Å². The Labute approximate surface area is 151 Å². The molecule has 0 saturated carbocycles. The summed E-state index contributed by atoms with van der Waals surface area (Å²) in [5.74, 6) is 2.23. The highest BCUT2D eigenvalue weighted by Gasteiger charge is 2.28. The second-order valence-electron chi connectivity index (χ2n) is 6.86. The summed E-state index contributed by atoms with van der Waals surface area (Å²) in [6, 6.07) is 13.9. The zero-order valence-corrected chi connectivity index (χ0v) is 15.1. The van der Waals surface area contributed by atoms with Crippen molar-refractivity contribution in [3.8, 4) is 17.2 Å². The molecule has 1 aliphatic rings. The predicted octanol–water partition coefficient (Wildman–Crippen LogP) is 3.09. The average Bonchev–Trinajstić information content (AvgIpc) is 3.13. The predicted molar refractivity (Wildman–Crippen MR) is 98.0 cm³/mol. The Morgan fingerprint density at radius 1 is 1.00 bits per heavy atom. The van der Waals surface area contributed by atoms with Crippen molar-refractivity contribution in [1.82, 2.24) is 20.2 Å². The van der Waals surface area contributed by atoms with Gasteiger partial charge < -0.3 is 14.8 Å². The molecule has 0 bridgehead atoms. The lowest BCUT2D eigenvalue weighted by molar-refractivity contribution is 0.171. The molecule has 26 heavy (non-hydrogen) atoms. The smallest absolute Gasteiger partial charge is 0.181 e. The van der Waals surface area contributed by atoms with E-state index in [0.29, 0.717) is 13.2 Å². The molecule has 3 aromatic rings. The molecule has 1 aliphatic heterocycles. The maximum absolute atomic E-state index is 5.66. The lowest BCUT2D eigenvalue weighted by Crippen LogP contribution is -2.32. The summed E-state index contributed by atoms with van der Waals surface area (Å²) in [7, 11) is 0. The molecule has 0 saturated heterocycles. The van der Waals surface area contributed by atoms with E-state index < -0.39 is 5.54 Å². The molecule has 0 aliphatic carbocycles. The molecule has 0 atom stereocenters. The Hall–Kier alpha value is -3.09. The number of hydrogen-bond acceptors (Lipinski definition) is 6. The topological polar surface area (TPSA) is 74.1 Å². The highest BCUT2D eigenvalue weighted by atomic mass is 16.6. The van der Waals surface area contributed by atoms with Gasteiger partial charge in [-0.2, -0.15) is 4.68 Å². The number of tetrazole rings is 1. The van der Waals surface area contributed by atoms with Crippen LogP contribution in [0.15, 0.2) is 42.5 Å². The summed E-state index contributed by atoms with van der Waals surface area (Å²) in [6.45, 7) is 7.28. The van der Waals surface area contributed by atoms with Crippen LogP contribution in [0.5, 0.6) is 11.5 Å². The van der Waals surface area contributed by atoms with E-state index in [1.54, 1.807) is 4.68 Å². The van der Waals surface area contributed by atoms with Gasteiger partial charge in [-0.25, -0.2) is 0 Å². The Balaban J connectivity index is 1.63. The molecule has 0 radical (unpaired) electrons. The minimum absolute atomic E-state index is 0.502. The van der Waals surface area contributed by atoms with Crippen molar-refractivity contribution < 1.29 is 9.47 Å². The summed E-state index contributed by atoms with van der Waals surface area (Å²) in [5.41, 5.74) is 2.53. The summed E-state index contributed by atoms with van der Waals surface area (Å²) in [4.78, 5) is 0. The molecule has 1 N–H and O–H groups in total. The summed E-state index contributed by atoms with van der Waals surface area (Å²) in [5, 5.41) is 15.8. The number of nitrogens with one attached hydrogen (secondary N) is 1. The van der Waals surface area contributed by atoms with Crippen LogP contribution in [0.3, 0.4) is 0 Å². The minimum atomic E-state index is -0.502. The normalized spacial score (nSPS) is 13.5. The Morgan fingerprint density at radius 2 is 1.73 bits per heavy atom. The zero-order valence-electron chi connectivity index (χ0n) is 15.1. The van der Waals surface area contributed by atoms with Gasteiger partial charge in [0.2, 0.25) is 0 Å². The van der Waals surface area contributed by atoms with Crippen LogP contribution in [-0.4, -0.2) is 33.4 Å². The number of fused-ring (bicyclic) bond motifs is 1. The molecule has 1 aromatic heterocycles. The second-order valence-corrected chi connectivity index (χ2v) is 6.86. The van der Waals surface area contributed by atoms with Crippen molar-refractivity contribution >= 4 is 5.69 Å². The molecule has 2 aromatic carbocycles. The maximum Gasteiger partial charge on any atom is 0.181 e. The van der Waals surface area contributed by atoms with Gasteiger partial charge >= 0.3 is 0 Å². The molecule has 2 heterocycles. The van der Waals surface area contributed by atoms with Crippen molar-refractivity contribution in [2.24, 2.45) is 0 Å². The monoisotopic (exact) mass is 351 g/mol. The fourth-order valence-corrected chi connectivity index (χ4v) is 2.97. The highest BCUT2D eigenvalue weighted by molar-refractivity contribution is 5.56. The van der Waals surface area contributed by atoms with E-state index in [1.807, 2.05) is 56.3 Å².